The van der Waals surface area contributed by atoms with E-state index in [0.717, 1.165) is 0 Å². The van der Waals surface area contributed by atoms with Crippen molar-refractivity contribution >= 4 is 7.37 Å². The minimum absolute atomic E-state index is 0.354. The Bertz CT molecular complexity index is 122. The van der Waals surface area contributed by atoms with Gasteiger partial charge in [0.1, 0.15) is 0 Å². The molecule has 0 aromatic heterocycles. The van der Waals surface area contributed by atoms with Crippen molar-refractivity contribution in [2.75, 3.05) is 6.66 Å². The molecule has 0 spiro atoms. The fourth-order valence-corrected chi connectivity index (χ4v) is 0. The zero-order valence-corrected chi connectivity index (χ0v) is 5.40. The first kappa shape index (κ1) is 6.93. The SMILES string of the molecule is C=C(C)P(C)(=O)O. The molecule has 0 amide bonds. The highest BCUT2D eigenvalue weighted by Gasteiger charge is 2.07. The maximum Gasteiger partial charge on any atom is 0.221 e. The van der Waals surface area contributed by atoms with E-state index in [2.05, 4.69) is 6.58 Å². The average molecular weight is 120 g/mol. The highest BCUT2D eigenvalue weighted by atomic mass is 31.2. The van der Waals surface area contributed by atoms with Gasteiger partial charge in [-0.2, -0.15) is 0 Å². The van der Waals surface area contributed by atoms with E-state index in [4.69, 9.17) is 4.89 Å². The highest BCUT2D eigenvalue weighted by Crippen LogP contribution is 2.43. The van der Waals surface area contributed by atoms with Gasteiger partial charge in [0.2, 0.25) is 7.37 Å². The van der Waals surface area contributed by atoms with Crippen molar-refractivity contribution in [1.82, 2.24) is 0 Å². The third-order valence-electron chi connectivity index (χ3n) is 0.708. The van der Waals surface area contributed by atoms with Crippen LogP contribution in [0.5, 0.6) is 0 Å². The van der Waals surface area contributed by atoms with E-state index in [9.17, 15) is 4.57 Å². The van der Waals surface area contributed by atoms with Crippen LogP contribution in [0.15, 0.2) is 11.9 Å². The molecule has 3 heteroatoms. The molecule has 1 N–H and O–H groups in total. The smallest absolute Gasteiger partial charge is 0.221 e. The Morgan fingerprint density at radius 3 is 2.00 bits per heavy atom. The van der Waals surface area contributed by atoms with E-state index in [0.29, 0.717) is 5.31 Å². The third kappa shape index (κ3) is 2.60. The Balaban J connectivity index is 4.09. The number of hydrogen-bond acceptors (Lipinski definition) is 1. The molecule has 0 heterocycles. The Morgan fingerprint density at radius 2 is 2.00 bits per heavy atom. The fraction of sp³-hybridized carbons (Fsp3) is 0.500. The first-order valence-corrected chi connectivity index (χ1v) is 4.01. The van der Waals surface area contributed by atoms with E-state index in [1.54, 1.807) is 6.92 Å². The van der Waals surface area contributed by atoms with Gasteiger partial charge >= 0.3 is 0 Å². The molecule has 1 unspecified atom stereocenters. The lowest BCUT2D eigenvalue weighted by molar-refractivity contribution is 0.492. The Kier molecular flexibility index (Phi) is 1.79. The molecule has 2 nitrogen and oxygen atoms in total. The van der Waals surface area contributed by atoms with Crippen LogP contribution in [0.2, 0.25) is 0 Å². The van der Waals surface area contributed by atoms with Crippen molar-refractivity contribution in [3.05, 3.63) is 11.9 Å². The Labute approximate surface area is 43.3 Å². The van der Waals surface area contributed by atoms with Gasteiger partial charge in [-0.25, -0.2) is 0 Å². The van der Waals surface area contributed by atoms with E-state index in [1.165, 1.54) is 6.66 Å². The maximum atomic E-state index is 10.4. The summed E-state index contributed by atoms with van der Waals surface area (Å²) in [7, 11) is -2.93. The molecule has 0 saturated carbocycles. The molecule has 0 radical (unpaired) electrons. The van der Waals surface area contributed by atoms with Crippen molar-refractivity contribution in [3.63, 3.8) is 0 Å². The molecule has 0 aliphatic heterocycles. The zero-order chi connectivity index (χ0) is 6.08. The van der Waals surface area contributed by atoms with Crippen molar-refractivity contribution in [1.29, 1.82) is 0 Å². The third-order valence-corrected chi connectivity index (χ3v) is 2.12. The average Bonchev–Trinajstić information content (AvgIpc) is 1.31. The summed E-state index contributed by atoms with van der Waals surface area (Å²) in [6, 6.07) is 0. The van der Waals surface area contributed by atoms with Gasteiger partial charge in [0, 0.05) is 12.0 Å². The fourth-order valence-electron chi connectivity index (χ4n) is 0. The molecule has 1 atom stereocenters. The molecule has 0 aromatic carbocycles. The van der Waals surface area contributed by atoms with Crippen molar-refractivity contribution < 1.29 is 9.46 Å². The molecule has 0 fully saturated rings. The van der Waals surface area contributed by atoms with Crippen LogP contribution in [-0.2, 0) is 4.57 Å². The predicted octanol–water partition coefficient (Wildman–Crippen LogP) is 1.42. The van der Waals surface area contributed by atoms with Gasteiger partial charge in [-0.1, -0.05) is 6.58 Å². The summed E-state index contributed by atoms with van der Waals surface area (Å²) >= 11 is 0. The summed E-state index contributed by atoms with van der Waals surface area (Å²) in [5, 5.41) is 0.354. The van der Waals surface area contributed by atoms with Crippen LogP contribution in [0, 0.1) is 0 Å². The van der Waals surface area contributed by atoms with Crippen LogP contribution in [0.4, 0.5) is 0 Å². The van der Waals surface area contributed by atoms with Gasteiger partial charge in [-0.05, 0) is 6.92 Å². The molecule has 0 aromatic rings. The second kappa shape index (κ2) is 1.81. The molecular formula is C4H9O2P. The first-order chi connectivity index (χ1) is 2.94. The molecule has 0 saturated heterocycles. The van der Waals surface area contributed by atoms with Crippen LogP contribution in [-0.4, -0.2) is 11.6 Å². The summed E-state index contributed by atoms with van der Waals surface area (Å²) in [6.45, 7) is 6.13. The van der Waals surface area contributed by atoms with E-state index >= 15 is 0 Å². The highest BCUT2D eigenvalue weighted by molar-refractivity contribution is 7.61. The van der Waals surface area contributed by atoms with Crippen LogP contribution in [0.25, 0.3) is 0 Å². The number of hydrogen-bond donors (Lipinski definition) is 1. The number of rotatable bonds is 1. The first-order valence-electron chi connectivity index (χ1n) is 1.91. The molecule has 7 heavy (non-hydrogen) atoms. The summed E-state index contributed by atoms with van der Waals surface area (Å²) in [6.07, 6.45) is 0. The largest absolute Gasteiger partial charge is 0.341 e. The van der Waals surface area contributed by atoms with Gasteiger partial charge in [0.15, 0.2) is 0 Å². The van der Waals surface area contributed by atoms with Gasteiger partial charge in [0.25, 0.3) is 0 Å². The summed E-state index contributed by atoms with van der Waals surface area (Å²) in [5.41, 5.74) is 0. The molecule has 0 bridgehead atoms. The summed E-state index contributed by atoms with van der Waals surface area (Å²) in [5.74, 6) is 0. The lowest BCUT2D eigenvalue weighted by atomic mass is 10.8. The van der Waals surface area contributed by atoms with Crippen LogP contribution < -0.4 is 0 Å². The van der Waals surface area contributed by atoms with E-state index in [-0.39, 0.29) is 0 Å². The predicted molar refractivity (Wildman–Crippen MR) is 30.6 cm³/mol. The van der Waals surface area contributed by atoms with E-state index < -0.39 is 7.37 Å². The van der Waals surface area contributed by atoms with Gasteiger partial charge in [-0.3, -0.25) is 4.57 Å². The summed E-state index contributed by atoms with van der Waals surface area (Å²) < 4.78 is 10.4. The van der Waals surface area contributed by atoms with E-state index in [1.807, 2.05) is 0 Å². The van der Waals surface area contributed by atoms with Crippen molar-refractivity contribution in [2.45, 2.75) is 6.92 Å². The minimum Gasteiger partial charge on any atom is -0.341 e. The molecule has 42 valence electrons. The van der Waals surface area contributed by atoms with Gasteiger partial charge < -0.3 is 4.89 Å². The topological polar surface area (TPSA) is 37.3 Å². The van der Waals surface area contributed by atoms with Crippen LogP contribution in [0.3, 0.4) is 0 Å². The Morgan fingerprint density at radius 1 is 1.86 bits per heavy atom. The molecule has 0 rings (SSSR count). The second-order valence-electron chi connectivity index (χ2n) is 1.61. The standard InChI is InChI=1S/C4H9O2P/c1-4(2)7(3,5)6/h1H2,2-3H3,(H,5,6). The van der Waals surface area contributed by atoms with Crippen molar-refractivity contribution in [2.24, 2.45) is 0 Å². The van der Waals surface area contributed by atoms with Crippen LogP contribution >= 0.6 is 7.37 Å². The zero-order valence-electron chi connectivity index (χ0n) is 4.51. The quantitative estimate of drug-likeness (QED) is 0.531. The second-order valence-corrected chi connectivity index (χ2v) is 4.14. The molecular weight excluding hydrogens is 111 g/mol. The minimum atomic E-state index is -2.93. The lowest BCUT2D eigenvalue weighted by Crippen LogP contribution is -1.73. The maximum absolute atomic E-state index is 10.4. The molecule has 0 aliphatic rings. The van der Waals surface area contributed by atoms with Crippen LogP contribution in [0.1, 0.15) is 6.92 Å². The lowest BCUT2D eigenvalue weighted by Gasteiger charge is -1.99. The summed E-state index contributed by atoms with van der Waals surface area (Å²) in [4.78, 5) is 8.55. The Hall–Kier alpha value is -0.0700. The molecule has 0 aliphatic carbocycles. The normalized spacial score (nSPS) is 18.1. The number of allylic oxidation sites excluding steroid dienone is 1. The van der Waals surface area contributed by atoms with Gasteiger partial charge in [-0.15, -0.1) is 0 Å². The van der Waals surface area contributed by atoms with Gasteiger partial charge in [0.05, 0.1) is 0 Å². The van der Waals surface area contributed by atoms with Crippen molar-refractivity contribution in [3.8, 4) is 0 Å². The monoisotopic (exact) mass is 120 g/mol.